The lowest BCUT2D eigenvalue weighted by molar-refractivity contribution is 0.0691. The summed E-state index contributed by atoms with van der Waals surface area (Å²) in [5.41, 5.74) is 1.02. The molecule has 2 unspecified atom stereocenters. The van der Waals surface area contributed by atoms with Gasteiger partial charge in [0.1, 0.15) is 11.5 Å². The summed E-state index contributed by atoms with van der Waals surface area (Å²) in [5.74, 6) is -1.62. The number of carbonyl (C=O) groups is 1. The van der Waals surface area contributed by atoms with Crippen molar-refractivity contribution in [2.45, 2.75) is 25.3 Å². The maximum atomic E-state index is 12.3. The number of H-pyrrole nitrogens is 1. The number of pyridine rings is 1. The van der Waals surface area contributed by atoms with E-state index in [-0.39, 0.29) is 12.5 Å². The first-order chi connectivity index (χ1) is 13.8. The molecule has 4 rings (SSSR count). The van der Waals surface area contributed by atoms with Crippen molar-refractivity contribution in [1.29, 1.82) is 0 Å². The van der Waals surface area contributed by atoms with E-state index in [1.54, 1.807) is 0 Å². The van der Waals surface area contributed by atoms with Gasteiger partial charge in [-0.2, -0.15) is 0 Å². The third-order valence-corrected chi connectivity index (χ3v) is 5.92. The monoisotopic (exact) mass is 399 g/mol. The summed E-state index contributed by atoms with van der Waals surface area (Å²) in [6.07, 6.45) is 1.09. The number of hydrogen-bond acceptors (Lipinski definition) is 6. The molecule has 1 aromatic carbocycles. The van der Waals surface area contributed by atoms with Crippen LogP contribution in [0, 0.1) is 0 Å². The van der Waals surface area contributed by atoms with Crippen LogP contribution >= 0.6 is 0 Å². The number of anilines is 1. The number of nitrogens with one attached hydrogen (secondary N) is 1. The van der Waals surface area contributed by atoms with Crippen LogP contribution in [0.3, 0.4) is 0 Å². The fourth-order valence-corrected chi connectivity index (χ4v) is 4.22. The molecule has 0 bridgehead atoms. The number of likely N-dealkylation sites (N-methyl/N-ethyl adjacent to an activating group) is 1. The SMILES string of the molecule is CC1COc2cc(N3CCC(N(C)C)C3)ccc2-c2[nH]c(=O)c(C(=O)O)c(O)c21. The Morgan fingerprint density at radius 1 is 1.34 bits per heavy atom. The molecular formula is C21H25N3O5. The molecule has 0 spiro atoms. The number of benzene rings is 1. The van der Waals surface area contributed by atoms with E-state index in [1.807, 2.05) is 25.1 Å². The molecule has 8 heteroatoms. The van der Waals surface area contributed by atoms with Gasteiger partial charge in [-0.1, -0.05) is 6.92 Å². The predicted molar refractivity (Wildman–Crippen MR) is 109 cm³/mol. The van der Waals surface area contributed by atoms with Gasteiger partial charge in [0.15, 0.2) is 5.56 Å². The van der Waals surface area contributed by atoms with Crippen LogP contribution in [0.25, 0.3) is 11.3 Å². The molecule has 0 amide bonds. The first kappa shape index (κ1) is 19.3. The first-order valence-electron chi connectivity index (χ1n) is 9.69. The molecule has 1 aromatic heterocycles. The number of ether oxygens (including phenoxy) is 1. The Balaban J connectivity index is 1.79. The zero-order valence-corrected chi connectivity index (χ0v) is 16.7. The lowest BCUT2D eigenvalue weighted by atomic mass is 9.94. The van der Waals surface area contributed by atoms with Gasteiger partial charge in [-0.3, -0.25) is 4.79 Å². The van der Waals surface area contributed by atoms with E-state index >= 15 is 0 Å². The van der Waals surface area contributed by atoms with Crippen molar-refractivity contribution in [2.75, 3.05) is 38.7 Å². The molecule has 2 aliphatic heterocycles. The van der Waals surface area contributed by atoms with Gasteiger partial charge >= 0.3 is 5.97 Å². The smallest absolute Gasteiger partial charge is 0.345 e. The molecule has 2 aliphatic rings. The summed E-state index contributed by atoms with van der Waals surface area (Å²) in [6, 6.07) is 6.29. The molecule has 29 heavy (non-hydrogen) atoms. The highest BCUT2D eigenvalue weighted by molar-refractivity contribution is 5.92. The summed E-state index contributed by atoms with van der Waals surface area (Å²) in [7, 11) is 4.17. The van der Waals surface area contributed by atoms with E-state index in [4.69, 9.17) is 4.74 Å². The second-order valence-corrected chi connectivity index (χ2v) is 8.02. The molecule has 1 saturated heterocycles. The third kappa shape index (κ3) is 3.23. The number of aromatic carboxylic acids is 1. The lowest BCUT2D eigenvalue weighted by Crippen LogP contribution is -2.31. The summed E-state index contributed by atoms with van der Waals surface area (Å²) in [6.45, 7) is 3.98. The fourth-order valence-electron chi connectivity index (χ4n) is 4.22. The largest absolute Gasteiger partial charge is 0.506 e. The highest BCUT2D eigenvalue weighted by Gasteiger charge is 2.31. The van der Waals surface area contributed by atoms with Gasteiger partial charge < -0.3 is 29.7 Å². The molecule has 3 heterocycles. The number of aromatic nitrogens is 1. The van der Waals surface area contributed by atoms with Crippen molar-refractivity contribution < 1.29 is 19.7 Å². The van der Waals surface area contributed by atoms with Gasteiger partial charge in [0, 0.05) is 47.9 Å². The van der Waals surface area contributed by atoms with Crippen LogP contribution in [-0.4, -0.2) is 65.9 Å². The Morgan fingerprint density at radius 2 is 2.10 bits per heavy atom. The summed E-state index contributed by atoms with van der Waals surface area (Å²) >= 11 is 0. The highest BCUT2D eigenvalue weighted by Crippen LogP contribution is 2.43. The Kier molecular flexibility index (Phi) is 4.74. The fraction of sp³-hybridized carbons (Fsp3) is 0.429. The van der Waals surface area contributed by atoms with E-state index < -0.39 is 22.8 Å². The minimum atomic E-state index is -1.45. The third-order valence-electron chi connectivity index (χ3n) is 5.92. The van der Waals surface area contributed by atoms with Gasteiger partial charge in [0.2, 0.25) is 0 Å². The van der Waals surface area contributed by atoms with E-state index in [0.717, 1.165) is 25.2 Å². The van der Waals surface area contributed by atoms with Crippen LogP contribution in [0.1, 0.15) is 35.2 Å². The average Bonchev–Trinajstić information content (AvgIpc) is 3.11. The Bertz CT molecular complexity index is 1030. The van der Waals surface area contributed by atoms with Crippen LogP contribution in [0.15, 0.2) is 23.0 Å². The maximum absolute atomic E-state index is 12.3. The molecule has 0 saturated carbocycles. The van der Waals surface area contributed by atoms with Gasteiger partial charge in [0.05, 0.1) is 12.3 Å². The van der Waals surface area contributed by atoms with Gasteiger partial charge in [-0.05, 0) is 32.6 Å². The minimum absolute atomic E-state index is 0.266. The van der Waals surface area contributed by atoms with Crippen LogP contribution in [0.5, 0.6) is 11.5 Å². The van der Waals surface area contributed by atoms with E-state index in [1.165, 1.54) is 0 Å². The molecule has 0 aliphatic carbocycles. The Morgan fingerprint density at radius 3 is 2.76 bits per heavy atom. The molecule has 3 N–H and O–H groups in total. The number of aromatic amines is 1. The second-order valence-electron chi connectivity index (χ2n) is 8.02. The lowest BCUT2D eigenvalue weighted by Gasteiger charge is -2.22. The number of carboxylic acid groups (broad SMARTS) is 1. The molecule has 8 nitrogen and oxygen atoms in total. The van der Waals surface area contributed by atoms with Crippen molar-refractivity contribution in [3.05, 3.63) is 39.7 Å². The molecule has 1 fully saturated rings. The van der Waals surface area contributed by atoms with E-state index in [2.05, 4.69) is 28.9 Å². The number of rotatable bonds is 3. The van der Waals surface area contributed by atoms with Crippen molar-refractivity contribution >= 4 is 11.7 Å². The molecule has 2 atom stereocenters. The molecular weight excluding hydrogens is 374 g/mol. The van der Waals surface area contributed by atoms with Crippen LogP contribution in [0.2, 0.25) is 0 Å². The predicted octanol–water partition coefficient (Wildman–Crippen LogP) is 2.08. The van der Waals surface area contributed by atoms with Crippen molar-refractivity contribution in [3.63, 3.8) is 0 Å². The number of hydrogen-bond donors (Lipinski definition) is 3. The Hall–Kier alpha value is -3.00. The van der Waals surface area contributed by atoms with Gasteiger partial charge in [-0.25, -0.2) is 4.79 Å². The van der Waals surface area contributed by atoms with Crippen molar-refractivity contribution in [2.24, 2.45) is 0 Å². The van der Waals surface area contributed by atoms with Crippen LogP contribution in [0.4, 0.5) is 5.69 Å². The zero-order chi connectivity index (χ0) is 20.9. The normalized spacial score (nSPS) is 20.8. The highest BCUT2D eigenvalue weighted by atomic mass is 16.5. The number of fused-ring (bicyclic) bond motifs is 3. The maximum Gasteiger partial charge on any atom is 0.345 e. The van der Waals surface area contributed by atoms with Crippen LogP contribution in [-0.2, 0) is 0 Å². The summed E-state index contributed by atoms with van der Waals surface area (Å²) in [4.78, 5) is 30.9. The minimum Gasteiger partial charge on any atom is -0.506 e. The zero-order valence-electron chi connectivity index (χ0n) is 16.7. The Labute approximate surface area is 168 Å². The standard InChI is InChI=1S/C21H25N3O5/c1-11-10-29-15-8-12(24-7-6-13(9-24)23(2)3)4-5-14(15)18-16(11)19(25)17(21(27)28)20(26)22-18/h4-5,8,11,13H,6-7,9-10H2,1-3H3,(H,27,28)(H2,22,25,26). The van der Waals surface area contributed by atoms with E-state index in [0.29, 0.717) is 28.6 Å². The van der Waals surface area contributed by atoms with Crippen molar-refractivity contribution in [3.8, 4) is 22.8 Å². The first-order valence-corrected chi connectivity index (χ1v) is 9.69. The van der Waals surface area contributed by atoms with Gasteiger partial charge in [0.25, 0.3) is 5.56 Å². The van der Waals surface area contributed by atoms with E-state index in [9.17, 15) is 19.8 Å². The van der Waals surface area contributed by atoms with Gasteiger partial charge in [-0.15, -0.1) is 0 Å². The number of aromatic hydroxyl groups is 1. The second kappa shape index (κ2) is 7.11. The summed E-state index contributed by atoms with van der Waals surface area (Å²) < 4.78 is 6.00. The quantitative estimate of drug-likeness (QED) is 0.726. The van der Waals surface area contributed by atoms with Crippen molar-refractivity contribution in [1.82, 2.24) is 9.88 Å². The topological polar surface area (TPSA) is 106 Å². The molecule has 154 valence electrons. The molecule has 0 radical (unpaired) electrons. The summed E-state index contributed by atoms with van der Waals surface area (Å²) in [5, 5.41) is 19.8. The molecule has 2 aromatic rings. The number of carboxylic acids is 1. The average molecular weight is 399 g/mol. The van der Waals surface area contributed by atoms with Crippen LogP contribution < -0.4 is 15.2 Å². The number of nitrogens with zero attached hydrogens (tertiary/aromatic N) is 2.